The molecule has 2 rings (SSSR count). The molecular weight excluding hydrogens is 242 g/mol. The van der Waals surface area contributed by atoms with Crippen molar-refractivity contribution in [3.05, 3.63) is 11.7 Å². The largest absolute Gasteiger partial charge is 0.339 e. The van der Waals surface area contributed by atoms with Crippen LogP contribution in [0, 0.1) is 0 Å². The lowest BCUT2D eigenvalue weighted by Crippen LogP contribution is -2.05. The van der Waals surface area contributed by atoms with Crippen molar-refractivity contribution in [1.82, 2.24) is 10.1 Å². The van der Waals surface area contributed by atoms with Crippen LogP contribution in [0.5, 0.6) is 0 Å². The minimum absolute atomic E-state index is 0.0907. The van der Waals surface area contributed by atoms with Gasteiger partial charge in [0.25, 0.3) is 0 Å². The van der Waals surface area contributed by atoms with Crippen molar-refractivity contribution in [2.45, 2.75) is 31.6 Å². The average Bonchev–Trinajstić information content (AvgIpc) is 2.85. The van der Waals surface area contributed by atoms with Gasteiger partial charge in [0.05, 0.1) is 11.5 Å². The van der Waals surface area contributed by atoms with Gasteiger partial charge in [-0.15, -0.1) is 0 Å². The van der Waals surface area contributed by atoms with Gasteiger partial charge in [0.2, 0.25) is 5.89 Å². The van der Waals surface area contributed by atoms with Crippen molar-refractivity contribution in [3.8, 4) is 0 Å². The molecule has 1 aliphatic heterocycles. The van der Waals surface area contributed by atoms with E-state index in [1.54, 1.807) is 0 Å². The van der Waals surface area contributed by atoms with Crippen LogP contribution in [0.3, 0.4) is 0 Å². The highest BCUT2D eigenvalue weighted by atomic mass is 32.2. The van der Waals surface area contributed by atoms with Crippen molar-refractivity contribution in [2.24, 2.45) is 5.73 Å². The molecule has 0 bridgehead atoms. The first-order chi connectivity index (χ1) is 8.11. The van der Waals surface area contributed by atoms with Gasteiger partial charge in [-0.2, -0.15) is 4.98 Å². The molecule has 6 nitrogen and oxygen atoms in total. The molecule has 2 N–H and O–H groups in total. The number of aromatic nitrogens is 2. The van der Waals surface area contributed by atoms with Gasteiger partial charge in [-0.05, 0) is 25.8 Å². The van der Waals surface area contributed by atoms with E-state index in [0.29, 0.717) is 31.1 Å². The molecule has 0 spiro atoms. The fourth-order valence-electron chi connectivity index (χ4n) is 1.95. The number of nitrogens with zero attached hydrogens (tertiary/aromatic N) is 2. The number of unbranched alkanes of at least 4 members (excludes halogenated alkanes) is 1. The summed E-state index contributed by atoms with van der Waals surface area (Å²) in [4.78, 5) is 4.25. The average molecular weight is 259 g/mol. The number of nitrogens with two attached hydrogens (primary N) is 1. The highest BCUT2D eigenvalue weighted by Gasteiger charge is 2.32. The molecule has 1 aliphatic rings. The molecule has 0 aliphatic carbocycles. The van der Waals surface area contributed by atoms with Crippen LogP contribution in [0.2, 0.25) is 0 Å². The molecule has 1 fully saturated rings. The molecule has 0 amide bonds. The van der Waals surface area contributed by atoms with Crippen LogP contribution in [0.15, 0.2) is 4.52 Å². The number of sulfone groups is 1. The second-order valence-corrected chi connectivity index (χ2v) is 6.62. The molecule has 1 saturated heterocycles. The van der Waals surface area contributed by atoms with Gasteiger partial charge >= 0.3 is 0 Å². The van der Waals surface area contributed by atoms with Crippen molar-refractivity contribution in [1.29, 1.82) is 0 Å². The van der Waals surface area contributed by atoms with Crippen molar-refractivity contribution >= 4 is 9.84 Å². The number of hydrogen-bond acceptors (Lipinski definition) is 6. The Morgan fingerprint density at radius 2 is 2.24 bits per heavy atom. The Labute approximate surface area is 100 Å². The quantitative estimate of drug-likeness (QED) is 0.761. The SMILES string of the molecule is NCCCCc1nc(C2CCS(=O)(=O)C2)no1. The van der Waals surface area contributed by atoms with Gasteiger partial charge < -0.3 is 10.3 Å². The van der Waals surface area contributed by atoms with Crippen LogP contribution in [0.1, 0.15) is 36.9 Å². The zero-order valence-electron chi connectivity index (χ0n) is 9.63. The highest BCUT2D eigenvalue weighted by molar-refractivity contribution is 7.91. The summed E-state index contributed by atoms with van der Waals surface area (Å²) >= 11 is 0. The van der Waals surface area contributed by atoms with E-state index in [9.17, 15) is 8.42 Å². The van der Waals surface area contributed by atoms with Crippen molar-refractivity contribution in [3.63, 3.8) is 0 Å². The third-order valence-electron chi connectivity index (χ3n) is 2.93. The van der Waals surface area contributed by atoms with Crippen LogP contribution in [0.4, 0.5) is 0 Å². The Hall–Kier alpha value is -0.950. The van der Waals surface area contributed by atoms with E-state index < -0.39 is 9.84 Å². The lowest BCUT2D eigenvalue weighted by Gasteiger charge is -1.98. The van der Waals surface area contributed by atoms with Crippen molar-refractivity contribution in [2.75, 3.05) is 18.1 Å². The molecule has 96 valence electrons. The topological polar surface area (TPSA) is 99.1 Å². The monoisotopic (exact) mass is 259 g/mol. The van der Waals surface area contributed by atoms with Crippen LogP contribution >= 0.6 is 0 Å². The Morgan fingerprint density at radius 1 is 1.41 bits per heavy atom. The Morgan fingerprint density at radius 3 is 2.88 bits per heavy atom. The zero-order chi connectivity index (χ0) is 12.3. The molecule has 2 heterocycles. The second kappa shape index (κ2) is 5.14. The highest BCUT2D eigenvalue weighted by Crippen LogP contribution is 2.26. The van der Waals surface area contributed by atoms with E-state index in [4.69, 9.17) is 10.3 Å². The first kappa shape index (κ1) is 12.5. The van der Waals surface area contributed by atoms with Gasteiger partial charge in [-0.3, -0.25) is 0 Å². The molecule has 7 heteroatoms. The van der Waals surface area contributed by atoms with E-state index in [-0.39, 0.29) is 17.4 Å². The molecule has 1 aromatic rings. The molecule has 17 heavy (non-hydrogen) atoms. The fraction of sp³-hybridized carbons (Fsp3) is 0.800. The molecule has 1 atom stereocenters. The summed E-state index contributed by atoms with van der Waals surface area (Å²) in [5.74, 6) is 1.40. The van der Waals surface area contributed by atoms with E-state index in [1.165, 1.54) is 0 Å². The minimum atomic E-state index is -2.89. The van der Waals surface area contributed by atoms with E-state index >= 15 is 0 Å². The first-order valence-corrected chi connectivity index (χ1v) is 7.66. The Bertz CT molecular complexity index is 469. The summed E-state index contributed by atoms with van der Waals surface area (Å²) < 4.78 is 27.8. The number of hydrogen-bond donors (Lipinski definition) is 1. The Kier molecular flexibility index (Phi) is 3.78. The maximum atomic E-state index is 11.3. The third-order valence-corrected chi connectivity index (χ3v) is 4.69. The lowest BCUT2D eigenvalue weighted by molar-refractivity contribution is 0.367. The van der Waals surface area contributed by atoms with Crippen LogP contribution in [-0.4, -0.2) is 36.6 Å². The van der Waals surface area contributed by atoms with Gasteiger partial charge in [-0.1, -0.05) is 5.16 Å². The van der Waals surface area contributed by atoms with Crippen LogP contribution < -0.4 is 5.73 Å². The van der Waals surface area contributed by atoms with E-state index in [0.717, 1.165) is 12.8 Å². The molecular formula is C10H17N3O3S. The maximum Gasteiger partial charge on any atom is 0.226 e. The minimum Gasteiger partial charge on any atom is -0.339 e. The van der Waals surface area contributed by atoms with Gasteiger partial charge in [0.15, 0.2) is 15.7 Å². The first-order valence-electron chi connectivity index (χ1n) is 5.84. The Balaban J connectivity index is 1.94. The van der Waals surface area contributed by atoms with Gasteiger partial charge in [-0.25, -0.2) is 8.42 Å². The summed E-state index contributed by atoms with van der Waals surface area (Å²) in [7, 11) is -2.89. The number of aryl methyl sites for hydroxylation is 1. The van der Waals surface area contributed by atoms with Crippen LogP contribution in [0.25, 0.3) is 0 Å². The molecule has 1 aromatic heterocycles. The van der Waals surface area contributed by atoms with Crippen molar-refractivity contribution < 1.29 is 12.9 Å². The second-order valence-electron chi connectivity index (χ2n) is 4.39. The van der Waals surface area contributed by atoms with Crippen LogP contribution in [-0.2, 0) is 16.3 Å². The summed E-state index contributed by atoms with van der Waals surface area (Å²) in [5.41, 5.74) is 5.39. The molecule has 1 unspecified atom stereocenters. The molecule has 0 saturated carbocycles. The standard InChI is InChI=1S/C10H17N3O3S/c11-5-2-1-3-9-12-10(13-16-9)8-4-6-17(14,15)7-8/h8H,1-7,11H2. The smallest absolute Gasteiger partial charge is 0.226 e. The summed E-state index contributed by atoms with van der Waals surface area (Å²) in [6.45, 7) is 0.655. The van der Waals surface area contributed by atoms with Gasteiger partial charge in [0, 0.05) is 12.3 Å². The fourth-order valence-corrected chi connectivity index (χ4v) is 3.69. The summed E-state index contributed by atoms with van der Waals surface area (Å²) in [6, 6.07) is 0. The summed E-state index contributed by atoms with van der Waals surface area (Å²) in [6.07, 6.45) is 3.16. The third kappa shape index (κ3) is 3.26. The number of rotatable bonds is 5. The molecule has 0 aromatic carbocycles. The predicted octanol–water partition coefficient (Wildman–Crippen LogP) is 0.253. The molecule has 0 radical (unpaired) electrons. The normalized spacial score (nSPS) is 23.0. The summed E-state index contributed by atoms with van der Waals surface area (Å²) in [5, 5.41) is 3.86. The zero-order valence-corrected chi connectivity index (χ0v) is 10.4. The predicted molar refractivity (Wildman–Crippen MR) is 62.3 cm³/mol. The lowest BCUT2D eigenvalue weighted by atomic mass is 10.1. The maximum absolute atomic E-state index is 11.3. The van der Waals surface area contributed by atoms with E-state index in [1.807, 2.05) is 0 Å². The van der Waals surface area contributed by atoms with Gasteiger partial charge in [0.1, 0.15) is 0 Å². The van der Waals surface area contributed by atoms with E-state index in [2.05, 4.69) is 10.1 Å².